The van der Waals surface area contributed by atoms with Gasteiger partial charge in [-0.3, -0.25) is 4.79 Å². The van der Waals surface area contributed by atoms with E-state index in [2.05, 4.69) is 79.9 Å². The van der Waals surface area contributed by atoms with Crippen LogP contribution in [0, 0.1) is 0 Å². The van der Waals surface area contributed by atoms with Gasteiger partial charge in [-0.05, 0) is 41.7 Å². The van der Waals surface area contributed by atoms with E-state index in [0.717, 1.165) is 23.4 Å². The first-order chi connectivity index (χ1) is 16.0. The fourth-order valence-corrected chi connectivity index (χ4v) is 4.95. The van der Waals surface area contributed by atoms with Crippen molar-refractivity contribution in [1.29, 1.82) is 0 Å². The highest BCUT2D eigenvalue weighted by atomic mass is 16.2. The number of imidazole rings is 1. The lowest BCUT2D eigenvalue weighted by Gasteiger charge is -2.25. The minimum atomic E-state index is 0.0603. The van der Waals surface area contributed by atoms with Crippen molar-refractivity contribution >= 4 is 16.9 Å². The van der Waals surface area contributed by atoms with E-state index in [0.29, 0.717) is 18.9 Å². The number of aromatic nitrogens is 2. The standard InChI is InChI=1S/C29H31N3O/c1-20(2)23-15-13-22(14-16-23)18-32-27-12-8-7-11-26(27)30-29(32)25-17-28(33)31(19-25)21(3)24-9-5-4-6-10-24/h4-16,20-21,25H,17-19H2,1-3H3. The predicted molar refractivity (Wildman–Crippen MR) is 133 cm³/mol. The maximum Gasteiger partial charge on any atom is 0.223 e. The highest BCUT2D eigenvalue weighted by molar-refractivity contribution is 5.81. The molecule has 1 saturated heterocycles. The Morgan fingerprint density at radius 1 is 0.879 bits per heavy atom. The third-order valence-electron chi connectivity index (χ3n) is 6.94. The molecule has 5 rings (SSSR count). The van der Waals surface area contributed by atoms with Crippen LogP contribution in [-0.2, 0) is 11.3 Å². The third kappa shape index (κ3) is 4.18. The molecule has 0 bridgehead atoms. The summed E-state index contributed by atoms with van der Waals surface area (Å²) >= 11 is 0. The molecule has 168 valence electrons. The normalized spacial score (nSPS) is 17.3. The Kier molecular flexibility index (Phi) is 5.76. The second kappa shape index (κ2) is 8.86. The van der Waals surface area contributed by atoms with Crippen LogP contribution in [0.25, 0.3) is 11.0 Å². The molecule has 0 spiro atoms. The number of carbonyl (C=O) groups is 1. The number of fused-ring (bicyclic) bond motifs is 1. The maximum atomic E-state index is 13.0. The lowest BCUT2D eigenvalue weighted by Crippen LogP contribution is -2.28. The molecule has 0 saturated carbocycles. The van der Waals surface area contributed by atoms with Gasteiger partial charge in [0, 0.05) is 25.4 Å². The Labute approximate surface area is 195 Å². The average molecular weight is 438 g/mol. The number of rotatable bonds is 6. The molecule has 1 aromatic heterocycles. The highest BCUT2D eigenvalue weighted by Crippen LogP contribution is 2.35. The van der Waals surface area contributed by atoms with Crippen LogP contribution in [-0.4, -0.2) is 26.9 Å². The van der Waals surface area contributed by atoms with Gasteiger partial charge in [0.1, 0.15) is 5.82 Å². The first-order valence-electron chi connectivity index (χ1n) is 11.9. The number of benzene rings is 3. The van der Waals surface area contributed by atoms with Crippen molar-refractivity contribution < 1.29 is 4.79 Å². The zero-order valence-electron chi connectivity index (χ0n) is 19.6. The lowest BCUT2D eigenvalue weighted by molar-refractivity contribution is -0.129. The van der Waals surface area contributed by atoms with E-state index in [9.17, 15) is 4.79 Å². The summed E-state index contributed by atoms with van der Waals surface area (Å²) in [7, 11) is 0. The van der Waals surface area contributed by atoms with Gasteiger partial charge in [0.05, 0.1) is 17.1 Å². The summed E-state index contributed by atoms with van der Waals surface area (Å²) < 4.78 is 2.31. The summed E-state index contributed by atoms with van der Waals surface area (Å²) in [4.78, 5) is 20.1. The number of hydrogen-bond donors (Lipinski definition) is 0. The number of amides is 1. The maximum absolute atomic E-state index is 13.0. The topological polar surface area (TPSA) is 38.1 Å². The number of likely N-dealkylation sites (tertiary alicyclic amines) is 1. The molecule has 0 N–H and O–H groups in total. The average Bonchev–Trinajstić information content (AvgIpc) is 3.40. The molecule has 4 aromatic rings. The number of para-hydroxylation sites is 2. The zero-order valence-corrected chi connectivity index (χ0v) is 19.6. The molecule has 4 heteroatoms. The van der Waals surface area contributed by atoms with Crippen molar-refractivity contribution in [1.82, 2.24) is 14.5 Å². The third-order valence-corrected chi connectivity index (χ3v) is 6.94. The van der Waals surface area contributed by atoms with Gasteiger partial charge >= 0.3 is 0 Å². The molecule has 33 heavy (non-hydrogen) atoms. The van der Waals surface area contributed by atoms with Crippen molar-refractivity contribution in [2.75, 3.05) is 6.54 Å². The van der Waals surface area contributed by atoms with E-state index in [1.807, 2.05) is 29.2 Å². The fourth-order valence-electron chi connectivity index (χ4n) is 4.95. The molecule has 4 nitrogen and oxygen atoms in total. The van der Waals surface area contributed by atoms with Crippen LogP contribution in [0.5, 0.6) is 0 Å². The van der Waals surface area contributed by atoms with Crippen molar-refractivity contribution in [3.8, 4) is 0 Å². The van der Waals surface area contributed by atoms with Crippen molar-refractivity contribution in [3.63, 3.8) is 0 Å². The van der Waals surface area contributed by atoms with Crippen molar-refractivity contribution in [2.24, 2.45) is 0 Å². The second-order valence-corrected chi connectivity index (χ2v) is 9.47. The number of hydrogen-bond acceptors (Lipinski definition) is 2. The Morgan fingerprint density at radius 2 is 1.58 bits per heavy atom. The van der Waals surface area contributed by atoms with Crippen molar-refractivity contribution in [3.05, 3.63) is 101 Å². The monoisotopic (exact) mass is 437 g/mol. The van der Waals surface area contributed by atoms with Gasteiger partial charge in [0.2, 0.25) is 5.91 Å². The van der Waals surface area contributed by atoms with Crippen LogP contribution in [0.15, 0.2) is 78.9 Å². The van der Waals surface area contributed by atoms with Crippen LogP contribution < -0.4 is 0 Å². The summed E-state index contributed by atoms with van der Waals surface area (Å²) in [6.07, 6.45) is 0.507. The van der Waals surface area contributed by atoms with E-state index in [1.165, 1.54) is 16.7 Å². The molecule has 1 amide bonds. The van der Waals surface area contributed by atoms with Crippen LogP contribution in [0.3, 0.4) is 0 Å². The zero-order chi connectivity index (χ0) is 22.9. The van der Waals surface area contributed by atoms with Gasteiger partial charge in [0.25, 0.3) is 0 Å². The van der Waals surface area contributed by atoms with Gasteiger partial charge in [-0.25, -0.2) is 4.98 Å². The smallest absolute Gasteiger partial charge is 0.223 e. The van der Waals surface area contributed by atoms with Gasteiger partial charge in [-0.15, -0.1) is 0 Å². The van der Waals surface area contributed by atoms with Crippen LogP contribution >= 0.6 is 0 Å². The van der Waals surface area contributed by atoms with Gasteiger partial charge in [0.15, 0.2) is 0 Å². The molecule has 2 unspecified atom stereocenters. The molecule has 0 aliphatic carbocycles. The molecule has 3 aromatic carbocycles. The molecule has 1 aliphatic rings. The number of nitrogens with zero attached hydrogens (tertiary/aromatic N) is 3. The van der Waals surface area contributed by atoms with Crippen LogP contribution in [0.2, 0.25) is 0 Å². The van der Waals surface area contributed by atoms with E-state index in [1.54, 1.807) is 0 Å². The van der Waals surface area contributed by atoms with E-state index in [-0.39, 0.29) is 17.9 Å². The molecule has 2 atom stereocenters. The highest BCUT2D eigenvalue weighted by Gasteiger charge is 2.36. The molecule has 1 fully saturated rings. The van der Waals surface area contributed by atoms with E-state index >= 15 is 0 Å². The summed E-state index contributed by atoms with van der Waals surface area (Å²) in [5.74, 6) is 1.83. The lowest BCUT2D eigenvalue weighted by atomic mass is 10.0. The molecular weight excluding hydrogens is 406 g/mol. The SMILES string of the molecule is CC(C)c1ccc(Cn2c(C3CC(=O)N(C(C)c4ccccc4)C3)nc3ccccc32)cc1. The fraction of sp³-hybridized carbons (Fsp3) is 0.310. The van der Waals surface area contributed by atoms with Gasteiger partial charge in [-0.2, -0.15) is 0 Å². The molecule has 2 heterocycles. The Balaban J connectivity index is 1.46. The minimum Gasteiger partial charge on any atom is -0.335 e. The van der Waals surface area contributed by atoms with Crippen LogP contribution in [0.1, 0.15) is 67.6 Å². The van der Waals surface area contributed by atoms with Gasteiger partial charge in [-0.1, -0.05) is 80.6 Å². The summed E-state index contributed by atoms with van der Waals surface area (Å²) in [6, 6.07) is 27.5. The second-order valence-electron chi connectivity index (χ2n) is 9.47. The Hall–Kier alpha value is -3.40. The molecule has 1 aliphatic heterocycles. The Morgan fingerprint density at radius 3 is 2.30 bits per heavy atom. The molecular formula is C29H31N3O. The van der Waals surface area contributed by atoms with Crippen LogP contribution in [0.4, 0.5) is 0 Å². The predicted octanol–water partition coefficient (Wildman–Crippen LogP) is 6.29. The first-order valence-corrected chi connectivity index (χ1v) is 11.9. The minimum absolute atomic E-state index is 0.0603. The quantitative estimate of drug-likeness (QED) is 0.356. The largest absolute Gasteiger partial charge is 0.335 e. The van der Waals surface area contributed by atoms with E-state index < -0.39 is 0 Å². The van der Waals surface area contributed by atoms with E-state index in [4.69, 9.17) is 4.98 Å². The molecule has 0 radical (unpaired) electrons. The van der Waals surface area contributed by atoms with Crippen molar-refractivity contribution in [2.45, 2.75) is 51.6 Å². The Bertz CT molecular complexity index is 1260. The first kappa shape index (κ1) is 21.4. The van der Waals surface area contributed by atoms with Gasteiger partial charge < -0.3 is 9.47 Å². The summed E-state index contributed by atoms with van der Waals surface area (Å²) in [5, 5.41) is 0. The summed E-state index contributed by atoms with van der Waals surface area (Å²) in [6.45, 7) is 8.01. The number of carbonyl (C=O) groups excluding carboxylic acids is 1. The summed E-state index contributed by atoms with van der Waals surface area (Å²) in [5.41, 5.74) is 5.89.